The standard InChI is InChI=1S/C27H24F4N4O/c1-18(36)34-13-11-33(12-14-34)17-24-26(19-5-8-23(28)9-6-19)32-25-10-7-21(16-35(24)25)20-3-2-4-22(15-20)27(29,30)31/h2-10,15-16H,11-14,17H2,1H3. The number of fused-ring (bicyclic) bond motifs is 1. The third-order valence-electron chi connectivity index (χ3n) is 6.55. The second-order valence-corrected chi connectivity index (χ2v) is 8.92. The first-order chi connectivity index (χ1) is 17.2. The van der Waals surface area contributed by atoms with Crippen molar-refractivity contribution >= 4 is 11.6 Å². The molecular weight excluding hydrogens is 472 g/mol. The Balaban J connectivity index is 1.57. The Morgan fingerprint density at radius 1 is 0.917 bits per heavy atom. The van der Waals surface area contributed by atoms with E-state index in [1.54, 1.807) is 48.4 Å². The molecule has 36 heavy (non-hydrogen) atoms. The molecule has 0 atom stereocenters. The van der Waals surface area contributed by atoms with Crippen LogP contribution in [0.15, 0.2) is 66.9 Å². The fourth-order valence-corrected chi connectivity index (χ4v) is 4.56. The summed E-state index contributed by atoms with van der Waals surface area (Å²) in [6, 6.07) is 14.9. The first-order valence-corrected chi connectivity index (χ1v) is 11.6. The summed E-state index contributed by atoms with van der Waals surface area (Å²) in [5.41, 5.74) is 3.29. The van der Waals surface area contributed by atoms with E-state index in [2.05, 4.69) is 4.90 Å². The Labute approximate surface area is 205 Å². The van der Waals surface area contributed by atoms with Gasteiger partial charge < -0.3 is 9.30 Å². The highest BCUT2D eigenvalue weighted by atomic mass is 19.4. The number of piperazine rings is 1. The van der Waals surface area contributed by atoms with E-state index in [1.807, 2.05) is 4.40 Å². The van der Waals surface area contributed by atoms with E-state index < -0.39 is 11.7 Å². The molecule has 0 spiro atoms. The van der Waals surface area contributed by atoms with Crippen LogP contribution >= 0.6 is 0 Å². The maximum absolute atomic E-state index is 13.6. The minimum absolute atomic E-state index is 0.0437. The van der Waals surface area contributed by atoms with Crippen molar-refractivity contribution in [1.82, 2.24) is 19.2 Å². The minimum atomic E-state index is -4.43. The summed E-state index contributed by atoms with van der Waals surface area (Å²) < 4.78 is 55.3. The van der Waals surface area contributed by atoms with E-state index in [0.29, 0.717) is 55.2 Å². The lowest BCUT2D eigenvalue weighted by molar-refractivity contribution is -0.137. The van der Waals surface area contributed by atoms with Crippen LogP contribution in [0.2, 0.25) is 0 Å². The highest BCUT2D eigenvalue weighted by Crippen LogP contribution is 2.33. The molecular formula is C27H24F4N4O. The summed E-state index contributed by atoms with van der Waals surface area (Å²) in [5, 5.41) is 0. The molecule has 5 nitrogen and oxygen atoms in total. The molecule has 0 N–H and O–H groups in total. The molecule has 0 bridgehead atoms. The van der Waals surface area contributed by atoms with Crippen molar-refractivity contribution in [3.63, 3.8) is 0 Å². The number of alkyl halides is 3. The number of amides is 1. The van der Waals surface area contributed by atoms with Crippen LogP contribution < -0.4 is 0 Å². The van der Waals surface area contributed by atoms with Gasteiger partial charge in [0.25, 0.3) is 0 Å². The summed E-state index contributed by atoms with van der Waals surface area (Å²) in [6.07, 6.45) is -2.63. The van der Waals surface area contributed by atoms with Crippen molar-refractivity contribution in [3.05, 3.63) is 83.9 Å². The average molecular weight is 497 g/mol. The molecule has 1 aliphatic heterocycles. The topological polar surface area (TPSA) is 40.9 Å². The number of benzene rings is 2. The van der Waals surface area contributed by atoms with Gasteiger partial charge in [0.1, 0.15) is 11.5 Å². The van der Waals surface area contributed by atoms with Gasteiger partial charge in [-0.05, 0) is 59.7 Å². The molecule has 1 fully saturated rings. The van der Waals surface area contributed by atoms with Gasteiger partial charge in [0.2, 0.25) is 5.91 Å². The molecule has 0 aliphatic carbocycles. The highest BCUT2D eigenvalue weighted by molar-refractivity contribution is 5.73. The Kier molecular flexibility index (Phi) is 6.26. The van der Waals surface area contributed by atoms with Gasteiger partial charge >= 0.3 is 6.18 Å². The minimum Gasteiger partial charge on any atom is -0.340 e. The number of hydrogen-bond acceptors (Lipinski definition) is 3. The molecule has 1 saturated heterocycles. The zero-order valence-electron chi connectivity index (χ0n) is 19.6. The molecule has 3 heterocycles. The monoisotopic (exact) mass is 496 g/mol. The second-order valence-electron chi connectivity index (χ2n) is 8.92. The molecule has 4 aromatic rings. The van der Waals surface area contributed by atoms with Crippen LogP contribution in [0.4, 0.5) is 17.6 Å². The van der Waals surface area contributed by atoms with Gasteiger partial charge in [0.15, 0.2) is 0 Å². The first-order valence-electron chi connectivity index (χ1n) is 11.6. The lowest BCUT2D eigenvalue weighted by atomic mass is 10.0. The van der Waals surface area contributed by atoms with Crippen molar-refractivity contribution in [2.75, 3.05) is 26.2 Å². The number of halogens is 4. The molecule has 9 heteroatoms. The third-order valence-corrected chi connectivity index (χ3v) is 6.55. The van der Waals surface area contributed by atoms with Crippen LogP contribution in [0.25, 0.3) is 28.0 Å². The van der Waals surface area contributed by atoms with Gasteiger partial charge in [0, 0.05) is 51.4 Å². The van der Waals surface area contributed by atoms with E-state index in [0.717, 1.165) is 23.4 Å². The van der Waals surface area contributed by atoms with Crippen LogP contribution in [-0.2, 0) is 17.5 Å². The molecule has 0 radical (unpaired) electrons. The summed E-state index contributed by atoms with van der Waals surface area (Å²) in [5.74, 6) is -0.307. The number of rotatable bonds is 4. The second kappa shape index (κ2) is 9.39. The highest BCUT2D eigenvalue weighted by Gasteiger charge is 2.30. The zero-order chi connectivity index (χ0) is 25.4. The summed E-state index contributed by atoms with van der Waals surface area (Å²) >= 11 is 0. The van der Waals surface area contributed by atoms with Crippen molar-refractivity contribution in [2.24, 2.45) is 0 Å². The van der Waals surface area contributed by atoms with Gasteiger partial charge in [-0.1, -0.05) is 12.1 Å². The number of imidazole rings is 1. The van der Waals surface area contributed by atoms with Crippen LogP contribution in [0.3, 0.4) is 0 Å². The normalized spacial score (nSPS) is 15.0. The molecule has 2 aromatic carbocycles. The van der Waals surface area contributed by atoms with Crippen molar-refractivity contribution in [1.29, 1.82) is 0 Å². The number of hydrogen-bond donors (Lipinski definition) is 0. The fraction of sp³-hybridized carbons (Fsp3) is 0.259. The Morgan fingerprint density at radius 3 is 2.28 bits per heavy atom. The van der Waals surface area contributed by atoms with E-state index >= 15 is 0 Å². The lowest BCUT2D eigenvalue weighted by Crippen LogP contribution is -2.47. The number of carbonyl (C=O) groups is 1. The maximum Gasteiger partial charge on any atom is 0.416 e. The number of pyridine rings is 1. The van der Waals surface area contributed by atoms with Crippen LogP contribution in [0.5, 0.6) is 0 Å². The Hall–Kier alpha value is -3.72. The predicted molar refractivity (Wildman–Crippen MR) is 129 cm³/mol. The van der Waals surface area contributed by atoms with Crippen molar-refractivity contribution in [2.45, 2.75) is 19.6 Å². The van der Waals surface area contributed by atoms with E-state index in [4.69, 9.17) is 4.98 Å². The van der Waals surface area contributed by atoms with Crippen LogP contribution in [0.1, 0.15) is 18.2 Å². The number of aromatic nitrogens is 2. The molecule has 1 amide bonds. The van der Waals surface area contributed by atoms with Crippen molar-refractivity contribution < 1.29 is 22.4 Å². The third kappa shape index (κ3) is 4.83. The van der Waals surface area contributed by atoms with Gasteiger partial charge in [-0.3, -0.25) is 9.69 Å². The zero-order valence-corrected chi connectivity index (χ0v) is 19.6. The quantitative estimate of drug-likeness (QED) is 0.351. The van der Waals surface area contributed by atoms with Crippen LogP contribution in [-0.4, -0.2) is 51.3 Å². The molecule has 2 aromatic heterocycles. The number of carbonyl (C=O) groups excluding carboxylic acids is 1. The van der Waals surface area contributed by atoms with Gasteiger partial charge in [-0.15, -0.1) is 0 Å². The predicted octanol–water partition coefficient (Wildman–Crippen LogP) is 5.49. The Bertz CT molecular complexity index is 1400. The Morgan fingerprint density at radius 2 is 1.61 bits per heavy atom. The van der Waals surface area contributed by atoms with E-state index in [9.17, 15) is 22.4 Å². The molecule has 186 valence electrons. The van der Waals surface area contributed by atoms with Gasteiger partial charge in [-0.2, -0.15) is 13.2 Å². The van der Waals surface area contributed by atoms with Crippen LogP contribution in [0, 0.1) is 5.82 Å². The van der Waals surface area contributed by atoms with Crippen molar-refractivity contribution in [3.8, 4) is 22.4 Å². The SMILES string of the molecule is CC(=O)N1CCN(Cc2c(-c3ccc(F)cc3)nc3ccc(-c4cccc(C(F)(F)F)c4)cn23)CC1. The summed E-state index contributed by atoms with van der Waals surface area (Å²) in [7, 11) is 0. The van der Waals surface area contributed by atoms with E-state index in [-0.39, 0.29) is 11.7 Å². The molecule has 0 saturated carbocycles. The number of nitrogens with zero attached hydrogens (tertiary/aromatic N) is 4. The molecule has 1 aliphatic rings. The largest absolute Gasteiger partial charge is 0.416 e. The first kappa shape index (κ1) is 24.0. The summed E-state index contributed by atoms with van der Waals surface area (Å²) in [6.45, 7) is 4.68. The smallest absolute Gasteiger partial charge is 0.340 e. The summed E-state index contributed by atoms with van der Waals surface area (Å²) in [4.78, 5) is 20.5. The lowest BCUT2D eigenvalue weighted by Gasteiger charge is -2.34. The average Bonchev–Trinajstić information content (AvgIpc) is 3.22. The van der Waals surface area contributed by atoms with Gasteiger partial charge in [0.05, 0.1) is 17.0 Å². The fourth-order valence-electron chi connectivity index (χ4n) is 4.56. The van der Waals surface area contributed by atoms with E-state index in [1.165, 1.54) is 18.2 Å². The maximum atomic E-state index is 13.6. The molecule has 0 unspecified atom stereocenters. The molecule has 5 rings (SSSR count). The van der Waals surface area contributed by atoms with Gasteiger partial charge in [-0.25, -0.2) is 9.37 Å².